The molecule has 0 aromatic heterocycles. The summed E-state index contributed by atoms with van der Waals surface area (Å²) in [6.07, 6.45) is 1.25. The van der Waals surface area contributed by atoms with Crippen LogP contribution in [-0.4, -0.2) is 34.2 Å². The van der Waals surface area contributed by atoms with E-state index in [0.717, 1.165) is 5.56 Å². The normalized spacial score (nSPS) is 30.3. The Morgan fingerprint density at radius 2 is 1.91 bits per heavy atom. The van der Waals surface area contributed by atoms with Crippen molar-refractivity contribution in [2.75, 3.05) is 0 Å². The summed E-state index contributed by atoms with van der Waals surface area (Å²) in [6, 6.07) is 9.35. The van der Waals surface area contributed by atoms with Crippen LogP contribution in [0.2, 0.25) is 0 Å². The van der Waals surface area contributed by atoms with E-state index in [2.05, 4.69) is 0 Å². The quantitative estimate of drug-likeness (QED) is 0.494. The molecule has 0 unspecified atom stereocenters. The van der Waals surface area contributed by atoms with Gasteiger partial charge in [0.15, 0.2) is 5.78 Å². The number of hydrogen-bond donors (Lipinski definition) is 2. The third-order valence-electron chi connectivity index (χ3n) is 4.00. The number of ether oxygens (including phenoxy) is 1. The van der Waals surface area contributed by atoms with Gasteiger partial charge in [-0.2, -0.15) is 0 Å². The molecule has 1 aliphatic carbocycles. The SMILES string of the molecule is O=C1C[C@@H]2/C(=C(O)\C=C\c3ccccc3)C(=O)C[C@H](O)[C@@H]2O1. The first-order chi connectivity index (χ1) is 10.6. The maximum absolute atomic E-state index is 12.1. The third kappa shape index (κ3) is 2.67. The number of rotatable bonds is 2. The first-order valence-corrected chi connectivity index (χ1v) is 7.13. The highest BCUT2D eigenvalue weighted by atomic mass is 16.6. The first kappa shape index (κ1) is 14.5. The topological polar surface area (TPSA) is 83.8 Å². The summed E-state index contributed by atoms with van der Waals surface area (Å²) in [6.45, 7) is 0. The molecule has 1 aromatic carbocycles. The van der Waals surface area contributed by atoms with Crippen molar-refractivity contribution in [1.82, 2.24) is 0 Å². The second-order valence-electron chi connectivity index (χ2n) is 5.50. The molecule has 0 amide bonds. The van der Waals surface area contributed by atoms with Crippen LogP contribution in [0.5, 0.6) is 0 Å². The lowest BCUT2D eigenvalue weighted by molar-refractivity contribution is -0.148. The van der Waals surface area contributed by atoms with Gasteiger partial charge in [0.2, 0.25) is 0 Å². The Balaban J connectivity index is 1.91. The van der Waals surface area contributed by atoms with Crippen LogP contribution in [0.15, 0.2) is 47.7 Å². The van der Waals surface area contributed by atoms with Gasteiger partial charge in [-0.05, 0) is 11.6 Å². The van der Waals surface area contributed by atoms with Crippen molar-refractivity contribution >= 4 is 17.8 Å². The Hall–Kier alpha value is -2.40. The molecule has 1 heterocycles. The summed E-state index contributed by atoms with van der Waals surface area (Å²) in [5.41, 5.74) is 1.06. The maximum Gasteiger partial charge on any atom is 0.306 e. The number of benzene rings is 1. The summed E-state index contributed by atoms with van der Waals surface area (Å²) in [5.74, 6) is -1.55. The fourth-order valence-electron chi connectivity index (χ4n) is 2.98. The molecule has 22 heavy (non-hydrogen) atoms. The molecular weight excluding hydrogens is 284 g/mol. The van der Waals surface area contributed by atoms with Gasteiger partial charge in [0, 0.05) is 17.9 Å². The van der Waals surface area contributed by atoms with E-state index in [-0.39, 0.29) is 30.0 Å². The molecule has 1 saturated heterocycles. The third-order valence-corrected chi connectivity index (χ3v) is 4.00. The molecule has 2 aliphatic rings. The summed E-state index contributed by atoms with van der Waals surface area (Å²) >= 11 is 0. The molecule has 0 radical (unpaired) electrons. The average molecular weight is 300 g/mol. The van der Waals surface area contributed by atoms with Crippen molar-refractivity contribution in [2.45, 2.75) is 25.0 Å². The lowest BCUT2D eigenvalue weighted by atomic mass is 9.78. The number of aliphatic hydroxyl groups is 2. The number of esters is 1. The van der Waals surface area contributed by atoms with E-state index in [9.17, 15) is 19.8 Å². The van der Waals surface area contributed by atoms with Crippen molar-refractivity contribution < 1.29 is 24.5 Å². The Morgan fingerprint density at radius 1 is 1.18 bits per heavy atom. The van der Waals surface area contributed by atoms with Gasteiger partial charge in [-0.3, -0.25) is 9.59 Å². The summed E-state index contributed by atoms with van der Waals surface area (Å²) in [4.78, 5) is 23.6. The highest BCUT2D eigenvalue weighted by Gasteiger charge is 2.48. The van der Waals surface area contributed by atoms with Gasteiger partial charge >= 0.3 is 5.97 Å². The Bertz CT molecular complexity index is 659. The highest BCUT2D eigenvalue weighted by molar-refractivity contribution is 5.99. The van der Waals surface area contributed by atoms with Crippen LogP contribution in [0.3, 0.4) is 0 Å². The molecule has 5 heteroatoms. The highest BCUT2D eigenvalue weighted by Crippen LogP contribution is 2.38. The van der Waals surface area contributed by atoms with E-state index in [1.807, 2.05) is 30.3 Å². The predicted octanol–water partition coefficient (Wildman–Crippen LogP) is 1.78. The van der Waals surface area contributed by atoms with Crippen LogP contribution in [0.4, 0.5) is 0 Å². The van der Waals surface area contributed by atoms with E-state index in [0.29, 0.717) is 0 Å². The van der Waals surface area contributed by atoms with Crippen molar-refractivity contribution in [2.24, 2.45) is 5.92 Å². The second-order valence-corrected chi connectivity index (χ2v) is 5.50. The van der Waals surface area contributed by atoms with E-state index in [1.165, 1.54) is 6.08 Å². The molecule has 1 saturated carbocycles. The molecule has 0 bridgehead atoms. The van der Waals surface area contributed by atoms with Crippen LogP contribution in [0.25, 0.3) is 6.08 Å². The average Bonchev–Trinajstić information content (AvgIpc) is 2.88. The zero-order chi connectivity index (χ0) is 15.7. The van der Waals surface area contributed by atoms with E-state index >= 15 is 0 Å². The molecule has 0 spiro atoms. The minimum absolute atomic E-state index is 0.00599. The van der Waals surface area contributed by atoms with Gasteiger partial charge < -0.3 is 14.9 Å². The van der Waals surface area contributed by atoms with Crippen LogP contribution in [0, 0.1) is 5.92 Å². The fourth-order valence-corrected chi connectivity index (χ4v) is 2.98. The van der Waals surface area contributed by atoms with Crippen molar-refractivity contribution in [3.05, 3.63) is 53.3 Å². The maximum atomic E-state index is 12.1. The number of carbonyl (C=O) groups excluding carboxylic acids is 2. The second kappa shape index (κ2) is 5.77. The van der Waals surface area contributed by atoms with Crippen molar-refractivity contribution in [3.63, 3.8) is 0 Å². The summed E-state index contributed by atoms with van der Waals surface area (Å²) in [7, 11) is 0. The van der Waals surface area contributed by atoms with Crippen molar-refractivity contribution in [3.8, 4) is 0 Å². The molecular formula is C17H16O5. The first-order valence-electron chi connectivity index (χ1n) is 7.13. The number of allylic oxidation sites excluding steroid dienone is 1. The molecule has 114 valence electrons. The lowest BCUT2D eigenvalue weighted by Gasteiger charge is -2.29. The van der Waals surface area contributed by atoms with E-state index in [1.54, 1.807) is 6.08 Å². The van der Waals surface area contributed by atoms with E-state index < -0.39 is 24.1 Å². The molecule has 3 rings (SSSR count). The Morgan fingerprint density at radius 3 is 2.64 bits per heavy atom. The molecule has 1 aliphatic heterocycles. The number of fused-ring (bicyclic) bond motifs is 1. The number of hydrogen-bond acceptors (Lipinski definition) is 5. The van der Waals surface area contributed by atoms with Gasteiger partial charge in [-0.1, -0.05) is 36.4 Å². The standard InChI is InChI=1S/C17H16O5/c18-12(7-6-10-4-2-1-3-5-10)16-11-8-15(21)22-17(11)14(20)9-13(16)19/h1-7,11,14,17-18,20H,8-9H2/b7-6+,16-12-/t11-,14+,17-/m1/s1. The minimum atomic E-state index is -1.00. The van der Waals surface area contributed by atoms with Gasteiger partial charge in [0.05, 0.1) is 12.5 Å². The monoisotopic (exact) mass is 300 g/mol. The zero-order valence-electron chi connectivity index (χ0n) is 11.8. The summed E-state index contributed by atoms with van der Waals surface area (Å²) < 4.78 is 5.06. The fraction of sp³-hybridized carbons (Fsp3) is 0.294. The number of carbonyl (C=O) groups is 2. The Labute approximate surface area is 127 Å². The van der Waals surface area contributed by atoms with Crippen LogP contribution >= 0.6 is 0 Å². The van der Waals surface area contributed by atoms with E-state index in [4.69, 9.17) is 4.74 Å². The molecule has 2 N–H and O–H groups in total. The van der Waals surface area contributed by atoms with Crippen LogP contribution in [-0.2, 0) is 14.3 Å². The predicted molar refractivity (Wildman–Crippen MR) is 78.7 cm³/mol. The zero-order valence-corrected chi connectivity index (χ0v) is 11.8. The van der Waals surface area contributed by atoms with Gasteiger partial charge in [0.1, 0.15) is 11.9 Å². The largest absolute Gasteiger partial charge is 0.508 e. The van der Waals surface area contributed by atoms with Crippen LogP contribution in [0.1, 0.15) is 18.4 Å². The smallest absolute Gasteiger partial charge is 0.306 e. The summed E-state index contributed by atoms with van der Waals surface area (Å²) in [5, 5.41) is 20.1. The number of ketones is 1. The lowest BCUT2D eigenvalue weighted by Crippen LogP contribution is -2.41. The molecule has 3 atom stereocenters. The van der Waals surface area contributed by atoms with Gasteiger partial charge in [0.25, 0.3) is 0 Å². The molecule has 5 nitrogen and oxygen atoms in total. The van der Waals surface area contributed by atoms with Gasteiger partial charge in [-0.25, -0.2) is 0 Å². The molecule has 1 aromatic rings. The minimum Gasteiger partial charge on any atom is -0.508 e. The van der Waals surface area contributed by atoms with Crippen LogP contribution < -0.4 is 0 Å². The number of aliphatic hydroxyl groups excluding tert-OH is 2. The Kier molecular flexibility index (Phi) is 3.81. The van der Waals surface area contributed by atoms with Gasteiger partial charge in [-0.15, -0.1) is 0 Å². The number of Topliss-reactive ketones (excluding diaryl/α,β-unsaturated/α-hetero) is 1. The van der Waals surface area contributed by atoms with Crippen molar-refractivity contribution in [1.29, 1.82) is 0 Å². The molecule has 2 fully saturated rings.